The molecule has 1 N–H and O–H groups in total. The van der Waals surface area contributed by atoms with E-state index in [4.69, 9.17) is 0 Å². The lowest BCUT2D eigenvalue weighted by molar-refractivity contribution is 0.0787. The number of pyridine rings is 1. The van der Waals surface area contributed by atoms with E-state index >= 15 is 0 Å². The number of carbonyl (C=O) groups excluding carboxylic acids is 1. The minimum Gasteiger partial charge on any atom is -0.373 e. The molecule has 1 fully saturated rings. The fourth-order valence-corrected chi connectivity index (χ4v) is 2.33. The van der Waals surface area contributed by atoms with Crippen molar-refractivity contribution in [3.05, 3.63) is 23.4 Å². The molecule has 1 aliphatic carbocycles. The Morgan fingerprint density at radius 2 is 2.21 bits per heavy atom. The Bertz CT molecular complexity index is 450. The lowest BCUT2D eigenvalue weighted by atomic mass is 10.1. The minimum atomic E-state index is 0.0905. The second-order valence-corrected chi connectivity index (χ2v) is 5.49. The van der Waals surface area contributed by atoms with Crippen LogP contribution >= 0.6 is 0 Å². The van der Waals surface area contributed by atoms with Crippen molar-refractivity contribution in [1.29, 1.82) is 0 Å². The maximum absolute atomic E-state index is 12.4. The highest BCUT2D eigenvalue weighted by Gasteiger charge is 2.34. The highest BCUT2D eigenvalue weighted by atomic mass is 16.2. The van der Waals surface area contributed by atoms with Crippen LogP contribution in [0.1, 0.15) is 36.3 Å². The first-order chi connectivity index (χ1) is 9.05. The Labute approximate surface area is 115 Å². The molecule has 1 aromatic heterocycles. The van der Waals surface area contributed by atoms with E-state index in [0.717, 1.165) is 36.0 Å². The molecule has 104 valence electrons. The summed E-state index contributed by atoms with van der Waals surface area (Å²) in [6.45, 7) is 5.15. The second kappa shape index (κ2) is 5.59. The van der Waals surface area contributed by atoms with Crippen LogP contribution in [0, 0.1) is 11.8 Å². The summed E-state index contributed by atoms with van der Waals surface area (Å²) in [5.74, 6) is 2.31. The third kappa shape index (κ3) is 3.25. The molecule has 1 aromatic rings. The van der Waals surface area contributed by atoms with E-state index in [1.165, 1.54) is 6.42 Å². The maximum atomic E-state index is 12.4. The van der Waals surface area contributed by atoms with E-state index in [2.05, 4.69) is 17.2 Å². The highest BCUT2D eigenvalue weighted by molar-refractivity contribution is 5.94. The van der Waals surface area contributed by atoms with E-state index in [1.54, 1.807) is 0 Å². The number of aryl methyl sites for hydroxylation is 1. The zero-order valence-corrected chi connectivity index (χ0v) is 12.2. The number of carbonyl (C=O) groups is 1. The van der Waals surface area contributed by atoms with Gasteiger partial charge in [0.2, 0.25) is 0 Å². The molecule has 19 heavy (non-hydrogen) atoms. The lowest BCUT2D eigenvalue weighted by Crippen LogP contribution is -2.29. The number of anilines is 1. The summed E-state index contributed by atoms with van der Waals surface area (Å²) in [6, 6.07) is 3.73. The summed E-state index contributed by atoms with van der Waals surface area (Å²) in [5.41, 5.74) is 1.68. The largest absolute Gasteiger partial charge is 0.373 e. The van der Waals surface area contributed by atoms with Crippen LogP contribution in [0.4, 0.5) is 5.82 Å². The summed E-state index contributed by atoms with van der Waals surface area (Å²) in [6.07, 6.45) is 2.08. The van der Waals surface area contributed by atoms with Gasteiger partial charge >= 0.3 is 0 Å². The molecule has 2 atom stereocenters. The van der Waals surface area contributed by atoms with Crippen LogP contribution in [0.25, 0.3) is 0 Å². The average Bonchev–Trinajstić information content (AvgIpc) is 3.12. The van der Waals surface area contributed by atoms with E-state index < -0.39 is 0 Å². The molecule has 2 unspecified atom stereocenters. The van der Waals surface area contributed by atoms with E-state index in [9.17, 15) is 4.79 Å². The van der Waals surface area contributed by atoms with Gasteiger partial charge in [-0.05, 0) is 36.8 Å². The van der Waals surface area contributed by atoms with Crippen molar-refractivity contribution in [2.24, 2.45) is 11.8 Å². The van der Waals surface area contributed by atoms with Gasteiger partial charge in [-0.1, -0.05) is 13.8 Å². The molecule has 1 aliphatic rings. The van der Waals surface area contributed by atoms with Crippen molar-refractivity contribution < 1.29 is 4.79 Å². The molecule has 0 saturated heterocycles. The van der Waals surface area contributed by atoms with Crippen molar-refractivity contribution >= 4 is 11.7 Å². The van der Waals surface area contributed by atoms with E-state index in [1.807, 2.05) is 38.1 Å². The average molecular weight is 261 g/mol. The van der Waals surface area contributed by atoms with E-state index in [-0.39, 0.29) is 5.91 Å². The predicted octanol–water partition coefficient (Wildman–Crippen LogP) is 2.41. The topological polar surface area (TPSA) is 45.2 Å². The molecule has 2 rings (SSSR count). The smallest absolute Gasteiger partial charge is 0.253 e. The normalized spacial score (nSPS) is 21.1. The molecule has 0 radical (unpaired) electrons. The van der Waals surface area contributed by atoms with Crippen molar-refractivity contribution in [3.8, 4) is 0 Å². The van der Waals surface area contributed by atoms with Crippen molar-refractivity contribution in [2.45, 2.75) is 26.7 Å². The van der Waals surface area contributed by atoms with Crippen molar-refractivity contribution in [3.63, 3.8) is 0 Å². The van der Waals surface area contributed by atoms with Gasteiger partial charge in [0.1, 0.15) is 5.82 Å². The fourth-order valence-electron chi connectivity index (χ4n) is 2.33. The summed E-state index contributed by atoms with van der Waals surface area (Å²) in [4.78, 5) is 18.7. The Morgan fingerprint density at radius 3 is 2.74 bits per heavy atom. The molecule has 1 saturated carbocycles. The first-order valence-electron chi connectivity index (χ1n) is 6.99. The van der Waals surface area contributed by atoms with Gasteiger partial charge in [0.15, 0.2) is 0 Å². The monoisotopic (exact) mass is 261 g/mol. The van der Waals surface area contributed by atoms with Gasteiger partial charge in [-0.25, -0.2) is 4.98 Å². The Kier molecular flexibility index (Phi) is 4.08. The molecule has 0 aliphatic heterocycles. The van der Waals surface area contributed by atoms with E-state index in [0.29, 0.717) is 5.92 Å². The highest BCUT2D eigenvalue weighted by Crippen LogP contribution is 2.38. The van der Waals surface area contributed by atoms with Gasteiger partial charge in [0.25, 0.3) is 5.91 Å². The van der Waals surface area contributed by atoms with Crippen LogP contribution in [0.2, 0.25) is 0 Å². The molecular weight excluding hydrogens is 238 g/mol. The zero-order chi connectivity index (χ0) is 14.0. The summed E-state index contributed by atoms with van der Waals surface area (Å²) >= 11 is 0. The van der Waals surface area contributed by atoms with Gasteiger partial charge in [0, 0.05) is 31.9 Å². The quantitative estimate of drug-likeness (QED) is 0.885. The Balaban J connectivity index is 2.12. The second-order valence-electron chi connectivity index (χ2n) is 5.49. The third-order valence-corrected chi connectivity index (χ3v) is 3.87. The van der Waals surface area contributed by atoms with Crippen LogP contribution in [0.5, 0.6) is 0 Å². The van der Waals surface area contributed by atoms with Gasteiger partial charge in [-0.2, -0.15) is 0 Å². The van der Waals surface area contributed by atoms with Crippen LogP contribution in [0.15, 0.2) is 12.1 Å². The van der Waals surface area contributed by atoms with Crippen molar-refractivity contribution in [2.75, 3.05) is 26.0 Å². The Hall–Kier alpha value is -1.58. The first-order valence-corrected chi connectivity index (χ1v) is 6.99. The molecule has 0 spiro atoms. The SMILES string of the molecule is CCc1cc(C(=O)N(C)CC2CC2C)cc(NC)n1. The molecule has 0 aromatic carbocycles. The van der Waals surface area contributed by atoms with Crippen LogP contribution in [0.3, 0.4) is 0 Å². The fraction of sp³-hybridized carbons (Fsp3) is 0.600. The zero-order valence-electron chi connectivity index (χ0n) is 12.2. The number of aromatic nitrogens is 1. The first kappa shape index (κ1) is 13.8. The number of hydrogen-bond acceptors (Lipinski definition) is 3. The minimum absolute atomic E-state index is 0.0905. The van der Waals surface area contributed by atoms with Crippen molar-refractivity contribution in [1.82, 2.24) is 9.88 Å². The number of nitrogens with one attached hydrogen (secondary N) is 1. The third-order valence-electron chi connectivity index (χ3n) is 3.87. The molecule has 0 bridgehead atoms. The Morgan fingerprint density at radius 1 is 1.53 bits per heavy atom. The number of hydrogen-bond donors (Lipinski definition) is 1. The maximum Gasteiger partial charge on any atom is 0.253 e. The van der Waals surface area contributed by atoms with Crippen LogP contribution in [-0.2, 0) is 6.42 Å². The predicted molar refractivity (Wildman–Crippen MR) is 77.4 cm³/mol. The van der Waals surface area contributed by atoms with Gasteiger partial charge < -0.3 is 10.2 Å². The van der Waals surface area contributed by atoms with Gasteiger partial charge in [-0.3, -0.25) is 4.79 Å². The lowest BCUT2D eigenvalue weighted by Gasteiger charge is -2.18. The summed E-state index contributed by atoms with van der Waals surface area (Å²) < 4.78 is 0. The summed E-state index contributed by atoms with van der Waals surface area (Å²) in [7, 11) is 3.71. The van der Waals surface area contributed by atoms with Crippen LogP contribution < -0.4 is 5.32 Å². The molecule has 1 heterocycles. The number of rotatable bonds is 5. The van der Waals surface area contributed by atoms with Crippen LogP contribution in [-0.4, -0.2) is 36.4 Å². The number of nitrogens with zero attached hydrogens (tertiary/aromatic N) is 2. The number of amides is 1. The molecular formula is C15H23N3O. The van der Waals surface area contributed by atoms with Gasteiger partial charge in [0.05, 0.1) is 0 Å². The molecule has 4 heteroatoms. The van der Waals surface area contributed by atoms with Gasteiger partial charge in [-0.15, -0.1) is 0 Å². The summed E-state index contributed by atoms with van der Waals surface area (Å²) in [5, 5.41) is 3.01. The standard InChI is InChI=1S/C15H23N3O/c1-5-13-7-11(8-14(16-3)17-13)15(19)18(4)9-12-6-10(12)2/h7-8,10,12H,5-6,9H2,1-4H3,(H,16,17). The molecule has 1 amide bonds. The molecule has 4 nitrogen and oxygen atoms in total.